The summed E-state index contributed by atoms with van der Waals surface area (Å²) < 4.78 is 50.7. The lowest BCUT2D eigenvalue weighted by Gasteiger charge is -2.32. The Hall–Kier alpha value is -0.990. The zero-order chi connectivity index (χ0) is 15.0. The molecule has 0 aromatic carbocycles. The molecule has 0 radical (unpaired) electrons. The Bertz CT molecular complexity index is 378. The van der Waals surface area contributed by atoms with Crippen LogP contribution >= 0.6 is 11.8 Å². The fourth-order valence-electron chi connectivity index (χ4n) is 1.75. The van der Waals surface area contributed by atoms with Crippen LogP contribution < -0.4 is 0 Å². The van der Waals surface area contributed by atoms with Crippen LogP contribution in [0.15, 0.2) is 0 Å². The van der Waals surface area contributed by atoms with Gasteiger partial charge in [-0.3, -0.25) is 4.79 Å². The topological polar surface area (TPSA) is 57.6 Å². The first-order valence-electron chi connectivity index (χ1n) is 5.43. The Kier molecular flexibility index (Phi) is 4.70. The van der Waals surface area contributed by atoms with Crippen molar-refractivity contribution in [3.05, 3.63) is 0 Å². The minimum absolute atomic E-state index is 0.0940. The normalized spacial score (nSPS) is 24.3. The molecular formula is C10H13F4NO3S. The molecule has 0 saturated carbocycles. The lowest BCUT2D eigenvalue weighted by molar-refractivity contribution is -0.185. The number of alkyl halides is 4. The highest BCUT2D eigenvalue weighted by Gasteiger charge is 2.56. The molecular weight excluding hydrogens is 290 g/mol. The third-order valence-electron chi connectivity index (χ3n) is 2.68. The summed E-state index contributed by atoms with van der Waals surface area (Å²) in [7, 11) is 0. The molecule has 2 unspecified atom stereocenters. The molecule has 0 aromatic heterocycles. The zero-order valence-corrected chi connectivity index (χ0v) is 11.0. The van der Waals surface area contributed by atoms with E-state index in [4.69, 9.17) is 5.11 Å². The molecule has 1 fully saturated rings. The van der Waals surface area contributed by atoms with Crippen molar-refractivity contribution in [3.63, 3.8) is 0 Å². The van der Waals surface area contributed by atoms with Crippen molar-refractivity contribution in [2.45, 2.75) is 37.6 Å². The maximum absolute atomic E-state index is 13.1. The van der Waals surface area contributed by atoms with Gasteiger partial charge in [0.15, 0.2) is 0 Å². The summed E-state index contributed by atoms with van der Waals surface area (Å²) in [6, 6.07) is -1.51. The van der Waals surface area contributed by atoms with Crippen molar-refractivity contribution in [2.75, 3.05) is 5.75 Å². The maximum atomic E-state index is 13.1. The predicted octanol–water partition coefficient (Wildman–Crippen LogP) is 1.90. The summed E-state index contributed by atoms with van der Waals surface area (Å²) in [6.07, 6.45) is -4.16. The smallest absolute Gasteiger partial charge is 0.383 e. The van der Waals surface area contributed by atoms with E-state index in [1.807, 2.05) is 0 Å². The summed E-state index contributed by atoms with van der Waals surface area (Å²) in [4.78, 5) is 22.9. The number of aliphatic carboxylic acids is 1. The van der Waals surface area contributed by atoms with Gasteiger partial charge in [-0.25, -0.2) is 13.6 Å². The minimum Gasteiger partial charge on any atom is -0.480 e. The molecule has 1 aliphatic rings. The van der Waals surface area contributed by atoms with E-state index in [0.29, 0.717) is 4.90 Å². The molecule has 4 nitrogen and oxygen atoms in total. The van der Waals surface area contributed by atoms with Crippen LogP contribution in [0.5, 0.6) is 0 Å². The summed E-state index contributed by atoms with van der Waals surface area (Å²) in [5.41, 5.74) is 0. The van der Waals surface area contributed by atoms with Gasteiger partial charge in [0, 0.05) is 5.75 Å². The Balaban J connectivity index is 3.09. The Morgan fingerprint density at radius 2 is 1.89 bits per heavy atom. The number of hydrogen-bond donors (Lipinski definition) is 1. The summed E-state index contributed by atoms with van der Waals surface area (Å²) >= 11 is 0.997. The van der Waals surface area contributed by atoms with E-state index >= 15 is 0 Å². The van der Waals surface area contributed by atoms with Gasteiger partial charge in [0.1, 0.15) is 6.04 Å². The minimum atomic E-state index is -4.87. The second kappa shape index (κ2) is 5.56. The molecule has 1 amide bonds. The van der Waals surface area contributed by atoms with Crippen LogP contribution in [-0.2, 0) is 9.59 Å². The van der Waals surface area contributed by atoms with Crippen LogP contribution in [0.3, 0.4) is 0 Å². The summed E-state index contributed by atoms with van der Waals surface area (Å²) in [5.74, 6) is -8.89. The van der Waals surface area contributed by atoms with Crippen LogP contribution in [0.4, 0.5) is 17.6 Å². The molecule has 110 valence electrons. The number of carboxylic acids is 1. The van der Waals surface area contributed by atoms with Gasteiger partial charge in [-0.2, -0.15) is 8.78 Å². The second-order valence-electron chi connectivity index (χ2n) is 4.46. The molecule has 1 N–H and O–H groups in total. The standard InChI is InChI=1S/C10H13F4NO3S/c1-4(2)6-15(5(3-19-6)7(16)17)9(18)10(13,14)8(11)12/h4-6,8H,3H2,1-2H3,(H,16,17). The largest absolute Gasteiger partial charge is 0.480 e. The third-order valence-corrected chi connectivity index (χ3v) is 4.31. The van der Waals surface area contributed by atoms with Crippen molar-refractivity contribution < 1.29 is 32.3 Å². The zero-order valence-electron chi connectivity index (χ0n) is 10.1. The van der Waals surface area contributed by atoms with Crippen molar-refractivity contribution in [1.29, 1.82) is 0 Å². The fourth-order valence-corrected chi connectivity index (χ4v) is 3.22. The number of rotatable bonds is 4. The number of halogens is 4. The number of hydrogen-bond acceptors (Lipinski definition) is 3. The van der Waals surface area contributed by atoms with Crippen LogP contribution in [-0.4, -0.2) is 51.4 Å². The van der Waals surface area contributed by atoms with Gasteiger partial charge in [0.25, 0.3) is 0 Å². The van der Waals surface area contributed by atoms with Gasteiger partial charge < -0.3 is 10.0 Å². The highest BCUT2D eigenvalue weighted by Crippen LogP contribution is 2.38. The van der Waals surface area contributed by atoms with Crippen LogP contribution in [0.2, 0.25) is 0 Å². The van der Waals surface area contributed by atoms with Crippen LogP contribution in [0.1, 0.15) is 13.8 Å². The average molecular weight is 303 g/mol. The van der Waals surface area contributed by atoms with Crippen molar-refractivity contribution in [2.24, 2.45) is 5.92 Å². The molecule has 1 rings (SSSR count). The fraction of sp³-hybridized carbons (Fsp3) is 0.800. The van der Waals surface area contributed by atoms with Crippen molar-refractivity contribution >= 4 is 23.6 Å². The first-order valence-corrected chi connectivity index (χ1v) is 6.48. The van der Waals surface area contributed by atoms with E-state index in [-0.39, 0.29) is 11.7 Å². The van der Waals surface area contributed by atoms with Gasteiger partial charge in [-0.05, 0) is 5.92 Å². The Morgan fingerprint density at radius 3 is 2.26 bits per heavy atom. The molecule has 1 saturated heterocycles. The lowest BCUT2D eigenvalue weighted by atomic mass is 10.1. The molecule has 2 atom stereocenters. The number of carbonyl (C=O) groups excluding carboxylic acids is 1. The molecule has 1 heterocycles. The molecule has 19 heavy (non-hydrogen) atoms. The van der Waals surface area contributed by atoms with Crippen LogP contribution in [0.25, 0.3) is 0 Å². The third kappa shape index (κ3) is 2.96. The Morgan fingerprint density at radius 1 is 1.37 bits per heavy atom. The highest BCUT2D eigenvalue weighted by molar-refractivity contribution is 8.00. The van der Waals surface area contributed by atoms with Gasteiger partial charge in [-0.15, -0.1) is 11.8 Å². The van der Waals surface area contributed by atoms with E-state index < -0.39 is 35.6 Å². The van der Waals surface area contributed by atoms with Gasteiger partial charge >= 0.3 is 24.2 Å². The summed E-state index contributed by atoms with van der Waals surface area (Å²) in [5, 5.41) is 8.05. The van der Waals surface area contributed by atoms with Gasteiger partial charge in [-0.1, -0.05) is 13.8 Å². The predicted molar refractivity (Wildman–Crippen MR) is 60.3 cm³/mol. The second-order valence-corrected chi connectivity index (χ2v) is 5.61. The SMILES string of the molecule is CC(C)C1SCC(C(=O)O)N1C(=O)C(F)(F)C(F)F. The molecule has 9 heteroatoms. The first kappa shape index (κ1) is 16.1. The van der Waals surface area contributed by atoms with Gasteiger partial charge in [0.05, 0.1) is 5.37 Å². The first-order chi connectivity index (χ1) is 8.60. The number of nitrogens with zero attached hydrogens (tertiary/aromatic N) is 1. The van der Waals surface area contributed by atoms with E-state index in [2.05, 4.69) is 0 Å². The molecule has 0 spiro atoms. The number of thioether (sulfide) groups is 1. The maximum Gasteiger partial charge on any atom is 0.383 e. The molecule has 0 aromatic rings. The molecule has 0 bridgehead atoms. The van der Waals surface area contributed by atoms with Crippen LogP contribution in [0, 0.1) is 5.92 Å². The van der Waals surface area contributed by atoms with E-state index in [9.17, 15) is 27.2 Å². The van der Waals surface area contributed by atoms with Crippen molar-refractivity contribution in [3.8, 4) is 0 Å². The van der Waals surface area contributed by atoms with E-state index in [0.717, 1.165) is 11.8 Å². The molecule has 0 aliphatic carbocycles. The van der Waals surface area contributed by atoms with Crippen molar-refractivity contribution in [1.82, 2.24) is 4.90 Å². The van der Waals surface area contributed by atoms with E-state index in [1.54, 1.807) is 13.8 Å². The number of carboxylic acid groups (broad SMARTS) is 1. The number of amides is 1. The highest BCUT2D eigenvalue weighted by atomic mass is 32.2. The summed E-state index contributed by atoms with van der Waals surface area (Å²) in [6.45, 7) is 3.20. The van der Waals surface area contributed by atoms with Gasteiger partial charge in [0.2, 0.25) is 0 Å². The lowest BCUT2D eigenvalue weighted by Crippen LogP contribution is -2.55. The monoisotopic (exact) mass is 303 g/mol. The van der Waals surface area contributed by atoms with E-state index in [1.165, 1.54) is 0 Å². The quantitative estimate of drug-likeness (QED) is 0.806. The number of carbonyl (C=O) groups is 2. The Labute approximate surface area is 111 Å². The molecule has 1 aliphatic heterocycles. The average Bonchev–Trinajstić information content (AvgIpc) is 2.71.